The van der Waals surface area contributed by atoms with E-state index in [0.717, 1.165) is 18.6 Å². The Labute approximate surface area is 154 Å². The summed E-state index contributed by atoms with van der Waals surface area (Å²) in [6.45, 7) is 4.22. The molecule has 1 saturated carbocycles. The minimum absolute atomic E-state index is 0.290. The summed E-state index contributed by atoms with van der Waals surface area (Å²) in [4.78, 5) is 12.1. The summed E-state index contributed by atoms with van der Waals surface area (Å²) in [7, 11) is 0. The molecule has 2 rings (SSSR count). The van der Waals surface area contributed by atoms with Gasteiger partial charge in [-0.05, 0) is 63.2 Å². The molecule has 7 heteroatoms. The lowest BCUT2D eigenvalue weighted by molar-refractivity contribution is -0.127. The molecule has 0 radical (unpaired) electrons. The first-order valence-corrected chi connectivity index (χ1v) is 9.25. The van der Waals surface area contributed by atoms with E-state index in [1.807, 2.05) is 19.1 Å². The number of carbonyl (C=O) groups excluding carboxylic acids is 1. The predicted octanol–water partition coefficient (Wildman–Crippen LogP) is 2.68. The van der Waals surface area contributed by atoms with Crippen molar-refractivity contribution in [1.29, 1.82) is 0 Å². The molecule has 1 aromatic carbocycles. The van der Waals surface area contributed by atoms with E-state index in [4.69, 9.17) is 21.7 Å². The summed E-state index contributed by atoms with van der Waals surface area (Å²) < 4.78 is 11.0. The number of thiocarbonyl (C=S) groups is 1. The normalized spacial score (nSPS) is 15.8. The fourth-order valence-electron chi connectivity index (χ4n) is 2.73. The molecule has 0 aliphatic heterocycles. The highest BCUT2D eigenvalue weighted by atomic mass is 32.1. The van der Waals surface area contributed by atoms with Gasteiger partial charge in [-0.3, -0.25) is 15.6 Å². The van der Waals surface area contributed by atoms with Gasteiger partial charge in [0.05, 0.1) is 6.61 Å². The van der Waals surface area contributed by atoms with Gasteiger partial charge in [0.15, 0.2) is 11.2 Å². The standard InChI is InChI=1S/C18H27N3O3S/c1-3-23-15-9-11-16(12-10-15)24-13(2)17(22)20-21-18(25)19-14-7-5-4-6-8-14/h9-14H,3-8H2,1-2H3,(H,20,22)(H2,19,21,25)/t13-/m1/s1. The third-order valence-electron chi connectivity index (χ3n) is 4.06. The highest BCUT2D eigenvalue weighted by Gasteiger charge is 2.17. The monoisotopic (exact) mass is 365 g/mol. The molecular weight excluding hydrogens is 338 g/mol. The van der Waals surface area contributed by atoms with Crippen molar-refractivity contribution in [3.63, 3.8) is 0 Å². The van der Waals surface area contributed by atoms with Crippen LogP contribution in [-0.4, -0.2) is 29.8 Å². The van der Waals surface area contributed by atoms with Crippen LogP contribution >= 0.6 is 12.2 Å². The first kappa shape index (κ1) is 19.3. The van der Waals surface area contributed by atoms with E-state index >= 15 is 0 Å². The molecule has 1 aliphatic carbocycles. The molecule has 0 aromatic heterocycles. The smallest absolute Gasteiger partial charge is 0.279 e. The van der Waals surface area contributed by atoms with E-state index < -0.39 is 6.10 Å². The quantitative estimate of drug-likeness (QED) is 0.532. The van der Waals surface area contributed by atoms with Gasteiger partial charge >= 0.3 is 0 Å². The summed E-state index contributed by atoms with van der Waals surface area (Å²) in [6, 6.07) is 7.56. The molecule has 6 nitrogen and oxygen atoms in total. The van der Waals surface area contributed by atoms with E-state index in [2.05, 4.69) is 16.2 Å². The lowest BCUT2D eigenvalue weighted by atomic mass is 9.96. The molecule has 1 atom stereocenters. The predicted molar refractivity (Wildman–Crippen MR) is 102 cm³/mol. The number of carbonyl (C=O) groups is 1. The minimum Gasteiger partial charge on any atom is -0.494 e. The summed E-state index contributed by atoms with van der Waals surface area (Å²) in [5, 5.41) is 3.67. The Bertz CT molecular complexity index is 559. The number of ether oxygens (including phenoxy) is 2. The first-order valence-electron chi connectivity index (χ1n) is 8.84. The van der Waals surface area contributed by atoms with Crippen LogP contribution in [0.5, 0.6) is 11.5 Å². The zero-order valence-corrected chi connectivity index (χ0v) is 15.7. The molecule has 138 valence electrons. The van der Waals surface area contributed by atoms with Crippen LogP contribution in [0.3, 0.4) is 0 Å². The molecule has 0 spiro atoms. The molecule has 1 fully saturated rings. The fourth-order valence-corrected chi connectivity index (χ4v) is 2.94. The van der Waals surface area contributed by atoms with Gasteiger partial charge in [-0.2, -0.15) is 0 Å². The van der Waals surface area contributed by atoms with Crippen molar-refractivity contribution in [2.24, 2.45) is 0 Å². The Kier molecular flexibility index (Phi) is 7.78. The Morgan fingerprint density at radius 3 is 2.44 bits per heavy atom. The Morgan fingerprint density at radius 1 is 1.16 bits per heavy atom. The van der Waals surface area contributed by atoms with Crippen molar-refractivity contribution in [3.8, 4) is 11.5 Å². The second-order valence-electron chi connectivity index (χ2n) is 6.09. The van der Waals surface area contributed by atoms with E-state index in [0.29, 0.717) is 23.5 Å². The van der Waals surface area contributed by atoms with E-state index in [1.54, 1.807) is 19.1 Å². The van der Waals surface area contributed by atoms with E-state index in [1.165, 1.54) is 19.3 Å². The van der Waals surface area contributed by atoms with Crippen molar-refractivity contribution in [1.82, 2.24) is 16.2 Å². The summed E-state index contributed by atoms with van der Waals surface area (Å²) in [5.74, 6) is 1.09. The van der Waals surface area contributed by atoms with E-state index in [9.17, 15) is 4.79 Å². The lowest BCUT2D eigenvalue weighted by Crippen LogP contribution is -2.52. The van der Waals surface area contributed by atoms with Crippen LogP contribution in [-0.2, 0) is 4.79 Å². The maximum Gasteiger partial charge on any atom is 0.279 e. The number of hydrogen-bond donors (Lipinski definition) is 3. The highest BCUT2D eigenvalue weighted by Crippen LogP contribution is 2.19. The van der Waals surface area contributed by atoms with Gasteiger partial charge in [0.25, 0.3) is 5.91 Å². The van der Waals surface area contributed by atoms with Gasteiger partial charge in [-0.25, -0.2) is 0 Å². The molecule has 0 saturated heterocycles. The van der Waals surface area contributed by atoms with Crippen molar-refractivity contribution in [2.75, 3.05) is 6.61 Å². The molecule has 25 heavy (non-hydrogen) atoms. The van der Waals surface area contributed by atoms with Crippen LogP contribution in [0.4, 0.5) is 0 Å². The molecule has 0 unspecified atom stereocenters. The second-order valence-corrected chi connectivity index (χ2v) is 6.50. The number of hydrogen-bond acceptors (Lipinski definition) is 4. The molecule has 1 aliphatic rings. The van der Waals surface area contributed by atoms with Gasteiger partial charge in [-0.1, -0.05) is 19.3 Å². The molecule has 3 N–H and O–H groups in total. The Hall–Kier alpha value is -2.02. The van der Waals surface area contributed by atoms with E-state index in [-0.39, 0.29) is 5.91 Å². The van der Waals surface area contributed by atoms with Crippen LogP contribution < -0.4 is 25.6 Å². The molecule has 0 heterocycles. The Morgan fingerprint density at radius 2 is 1.80 bits per heavy atom. The number of hydrazine groups is 1. The zero-order valence-electron chi connectivity index (χ0n) is 14.8. The van der Waals surface area contributed by atoms with Gasteiger partial charge in [0.1, 0.15) is 11.5 Å². The Balaban J connectivity index is 1.71. The van der Waals surface area contributed by atoms with Crippen molar-refractivity contribution >= 4 is 23.2 Å². The second kappa shape index (κ2) is 10.1. The van der Waals surface area contributed by atoms with Crippen LogP contribution in [0.1, 0.15) is 46.0 Å². The topological polar surface area (TPSA) is 71.6 Å². The molecule has 0 bridgehead atoms. The van der Waals surface area contributed by atoms with Crippen LogP contribution in [0.2, 0.25) is 0 Å². The number of amides is 1. The summed E-state index contributed by atoms with van der Waals surface area (Å²) in [6.07, 6.45) is 5.32. The number of benzene rings is 1. The highest BCUT2D eigenvalue weighted by molar-refractivity contribution is 7.80. The van der Waals surface area contributed by atoms with Crippen LogP contribution in [0.25, 0.3) is 0 Å². The maximum atomic E-state index is 12.1. The van der Waals surface area contributed by atoms with Gasteiger partial charge in [0, 0.05) is 6.04 Å². The van der Waals surface area contributed by atoms with Crippen LogP contribution in [0, 0.1) is 0 Å². The largest absolute Gasteiger partial charge is 0.494 e. The van der Waals surface area contributed by atoms with Crippen LogP contribution in [0.15, 0.2) is 24.3 Å². The fraction of sp³-hybridized carbons (Fsp3) is 0.556. The summed E-state index contributed by atoms with van der Waals surface area (Å²) >= 11 is 5.22. The molecular formula is C18H27N3O3S. The average molecular weight is 365 g/mol. The molecule has 1 aromatic rings. The maximum absolute atomic E-state index is 12.1. The zero-order chi connectivity index (χ0) is 18.1. The van der Waals surface area contributed by atoms with Gasteiger partial charge in [0.2, 0.25) is 0 Å². The van der Waals surface area contributed by atoms with Gasteiger partial charge in [-0.15, -0.1) is 0 Å². The third-order valence-corrected chi connectivity index (χ3v) is 4.28. The third kappa shape index (κ3) is 6.78. The van der Waals surface area contributed by atoms with Crippen molar-refractivity contribution in [2.45, 2.75) is 58.1 Å². The minimum atomic E-state index is -0.650. The summed E-state index contributed by atoms with van der Waals surface area (Å²) in [5.41, 5.74) is 5.32. The number of nitrogens with one attached hydrogen (secondary N) is 3. The average Bonchev–Trinajstić information content (AvgIpc) is 2.62. The lowest BCUT2D eigenvalue weighted by Gasteiger charge is -2.24. The molecule has 1 amide bonds. The first-order chi connectivity index (χ1) is 12.1. The van der Waals surface area contributed by atoms with Crippen molar-refractivity contribution in [3.05, 3.63) is 24.3 Å². The van der Waals surface area contributed by atoms with Crippen molar-refractivity contribution < 1.29 is 14.3 Å². The number of rotatable bonds is 6. The van der Waals surface area contributed by atoms with Gasteiger partial charge < -0.3 is 14.8 Å². The SMILES string of the molecule is CCOc1ccc(O[C@H](C)C(=O)NNC(=S)NC2CCCCC2)cc1.